The molecule has 4 rings (SSSR count). The summed E-state index contributed by atoms with van der Waals surface area (Å²) in [6.45, 7) is 1.55. The number of pyridine rings is 1. The molecule has 0 spiro atoms. The van der Waals surface area contributed by atoms with Crippen molar-refractivity contribution >= 4 is 0 Å². The Morgan fingerprint density at radius 1 is 1.03 bits per heavy atom. The van der Waals surface area contributed by atoms with E-state index in [1.807, 2.05) is 24.3 Å². The molecule has 1 aliphatic rings. The highest BCUT2D eigenvalue weighted by molar-refractivity contribution is 5.56. The van der Waals surface area contributed by atoms with Gasteiger partial charge in [0.15, 0.2) is 11.5 Å². The lowest BCUT2D eigenvalue weighted by atomic mass is 9.97. The molecule has 1 aromatic carbocycles. The average molecular weight is 437 g/mol. The number of methoxy groups -OCH3 is 3. The number of nitrogens with one attached hydrogen (secondary N) is 1. The number of hydrogen-bond donors (Lipinski definition) is 1. The second-order valence-corrected chi connectivity index (χ2v) is 7.73. The zero-order valence-corrected chi connectivity index (χ0v) is 18.6. The molecule has 0 bridgehead atoms. The normalized spacial score (nSPS) is 16.5. The minimum atomic E-state index is -0.156. The van der Waals surface area contributed by atoms with Gasteiger partial charge in [-0.05, 0) is 37.6 Å². The Bertz CT molecular complexity index is 1120. The number of rotatable bonds is 7. The quantitative estimate of drug-likeness (QED) is 0.605. The summed E-state index contributed by atoms with van der Waals surface area (Å²) in [6, 6.07) is 9.22. The van der Waals surface area contributed by atoms with Gasteiger partial charge in [0.1, 0.15) is 5.82 Å². The van der Waals surface area contributed by atoms with E-state index in [9.17, 15) is 4.79 Å². The summed E-state index contributed by atoms with van der Waals surface area (Å²) in [4.78, 5) is 26.5. The summed E-state index contributed by atoms with van der Waals surface area (Å²) in [5, 5.41) is 0. The van der Waals surface area contributed by atoms with Crippen LogP contribution in [-0.2, 0) is 6.54 Å². The minimum Gasteiger partial charge on any atom is -0.493 e. The molecule has 0 unspecified atom stereocenters. The molecule has 0 radical (unpaired) electrons. The van der Waals surface area contributed by atoms with Gasteiger partial charge in [-0.25, -0.2) is 4.98 Å². The predicted molar refractivity (Wildman–Crippen MR) is 121 cm³/mol. The fourth-order valence-electron chi connectivity index (χ4n) is 4.32. The number of ether oxygens (including phenoxy) is 3. The zero-order chi connectivity index (χ0) is 22.5. The third-order valence-corrected chi connectivity index (χ3v) is 5.83. The van der Waals surface area contributed by atoms with Crippen LogP contribution in [0.25, 0.3) is 11.4 Å². The number of piperidine rings is 1. The largest absolute Gasteiger partial charge is 0.493 e. The van der Waals surface area contributed by atoms with E-state index in [-0.39, 0.29) is 11.6 Å². The Morgan fingerprint density at radius 3 is 2.53 bits per heavy atom. The summed E-state index contributed by atoms with van der Waals surface area (Å²) in [7, 11) is 4.85. The molecule has 8 heteroatoms. The molecule has 0 aliphatic carbocycles. The maximum absolute atomic E-state index is 12.5. The lowest BCUT2D eigenvalue weighted by Crippen LogP contribution is -2.34. The molecule has 1 saturated heterocycles. The summed E-state index contributed by atoms with van der Waals surface area (Å²) in [5.74, 6) is 2.42. The zero-order valence-electron chi connectivity index (χ0n) is 18.6. The SMILES string of the molecule is COc1ccc(CN2CCCC[C@H]2c2cc(=O)[nH]c(-c3ccncc3)n2)c(OC)c1OC. The van der Waals surface area contributed by atoms with Crippen molar-refractivity contribution in [3.05, 3.63) is 64.3 Å². The molecule has 0 saturated carbocycles. The number of benzene rings is 1. The first-order valence-electron chi connectivity index (χ1n) is 10.7. The van der Waals surface area contributed by atoms with Gasteiger partial charge in [-0.2, -0.15) is 0 Å². The topological polar surface area (TPSA) is 89.6 Å². The molecule has 2 aromatic heterocycles. The van der Waals surface area contributed by atoms with Crippen molar-refractivity contribution in [3.8, 4) is 28.6 Å². The van der Waals surface area contributed by atoms with Gasteiger partial charge in [0, 0.05) is 36.1 Å². The Balaban J connectivity index is 1.68. The van der Waals surface area contributed by atoms with Gasteiger partial charge in [0.05, 0.1) is 33.1 Å². The van der Waals surface area contributed by atoms with Gasteiger partial charge in [-0.15, -0.1) is 0 Å². The summed E-state index contributed by atoms with van der Waals surface area (Å²) in [5.41, 5.74) is 2.45. The van der Waals surface area contributed by atoms with Crippen LogP contribution in [0, 0.1) is 0 Å². The van der Waals surface area contributed by atoms with Crippen LogP contribution in [0.5, 0.6) is 17.2 Å². The molecular formula is C24H28N4O4. The smallest absolute Gasteiger partial charge is 0.251 e. The molecule has 1 atom stereocenters. The highest BCUT2D eigenvalue weighted by atomic mass is 16.5. The molecular weight excluding hydrogens is 408 g/mol. The second kappa shape index (κ2) is 9.82. The fourth-order valence-corrected chi connectivity index (χ4v) is 4.32. The number of hydrogen-bond acceptors (Lipinski definition) is 7. The molecule has 1 aliphatic heterocycles. The van der Waals surface area contributed by atoms with E-state index in [1.165, 1.54) is 0 Å². The Hall–Kier alpha value is -3.39. The summed E-state index contributed by atoms with van der Waals surface area (Å²) >= 11 is 0. The highest BCUT2D eigenvalue weighted by Gasteiger charge is 2.28. The van der Waals surface area contributed by atoms with Crippen LogP contribution in [-0.4, -0.2) is 47.7 Å². The first-order valence-corrected chi connectivity index (χ1v) is 10.7. The van der Waals surface area contributed by atoms with Crippen LogP contribution in [0.1, 0.15) is 36.6 Å². The molecule has 32 heavy (non-hydrogen) atoms. The Kier molecular flexibility index (Phi) is 6.70. The van der Waals surface area contributed by atoms with E-state index in [0.717, 1.165) is 42.6 Å². The van der Waals surface area contributed by atoms with Gasteiger partial charge in [0.2, 0.25) is 5.75 Å². The van der Waals surface area contributed by atoms with Gasteiger partial charge in [0.25, 0.3) is 5.56 Å². The van der Waals surface area contributed by atoms with Crippen LogP contribution in [0.4, 0.5) is 0 Å². The van der Waals surface area contributed by atoms with Crippen LogP contribution in [0.2, 0.25) is 0 Å². The van der Waals surface area contributed by atoms with Crippen LogP contribution >= 0.6 is 0 Å². The summed E-state index contributed by atoms with van der Waals surface area (Å²) in [6.07, 6.45) is 6.49. The van der Waals surface area contributed by atoms with Crippen molar-refractivity contribution in [3.63, 3.8) is 0 Å². The van der Waals surface area contributed by atoms with Gasteiger partial charge < -0.3 is 19.2 Å². The fraction of sp³-hybridized carbons (Fsp3) is 0.375. The van der Waals surface area contributed by atoms with Crippen molar-refractivity contribution in [1.82, 2.24) is 19.9 Å². The highest BCUT2D eigenvalue weighted by Crippen LogP contribution is 2.41. The molecule has 1 fully saturated rings. The van der Waals surface area contributed by atoms with Crippen molar-refractivity contribution in [2.75, 3.05) is 27.9 Å². The average Bonchev–Trinajstić information content (AvgIpc) is 2.84. The third kappa shape index (κ3) is 4.45. The predicted octanol–water partition coefficient (Wildman–Crippen LogP) is 3.58. The molecule has 3 heterocycles. The number of H-pyrrole nitrogens is 1. The lowest BCUT2D eigenvalue weighted by Gasteiger charge is -2.35. The number of likely N-dealkylation sites (tertiary alicyclic amines) is 1. The monoisotopic (exact) mass is 436 g/mol. The van der Waals surface area contributed by atoms with Crippen LogP contribution < -0.4 is 19.8 Å². The van der Waals surface area contributed by atoms with Crippen LogP contribution in [0.15, 0.2) is 47.5 Å². The van der Waals surface area contributed by atoms with Gasteiger partial charge in [-0.1, -0.05) is 12.5 Å². The Morgan fingerprint density at radius 2 is 1.81 bits per heavy atom. The first kappa shape index (κ1) is 21.8. The maximum atomic E-state index is 12.5. The lowest BCUT2D eigenvalue weighted by molar-refractivity contribution is 0.135. The first-order chi connectivity index (χ1) is 15.6. The molecule has 8 nitrogen and oxygen atoms in total. The van der Waals surface area contributed by atoms with E-state index >= 15 is 0 Å². The van der Waals surface area contributed by atoms with E-state index in [4.69, 9.17) is 19.2 Å². The molecule has 3 aromatic rings. The summed E-state index contributed by atoms with van der Waals surface area (Å²) < 4.78 is 16.6. The van der Waals surface area contributed by atoms with E-state index in [0.29, 0.717) is 29.6 Å². The number of aromatic amines is 1. The van der Waals surface area contributed by atoms with E-state index in [2.05, 4.69) is 14.9 Å². The van der Waals surface area contributed by atoms with Crippen molar-refractivity contribution < 1.29 is 14.2 Å². The number of nitrogens with zero attached hydrogens (tertiary/aromatic N) is 3. The maximum Gasteiger partial charge on any atom is 0.251 e. The Labute approximate surface area is 187 Å². The van der Waals surface area contributed by atoms with Gasteiger partial charge in [-0.3, -0.25) is 14.7 Å². The van der Waals surface area contributed by atoms with Crippen molar-refractivity contribution in [2.24, 2.45) is 0 Å². The van der Waals surface area contributed by atoms with Crippen molar-refractivity contribution in [2.45, 2.75) is 31.8 Å². The van der Waals surface area contributed by atoms with Crippen LogP contribution in [0.3, 0.4) is 0 Å². The molecule has 1 N–H and O–H groups in total. The minimum absolute atomic E-state index is 0.0319. The standard InChI is InChI=1S/C24H28N4O4/c1-30-20-8-7-17(22(31-2)23(20)32-3)15-28-13-5-4-6-19(28)18-14-21(29)27-24(26-18)16-9-11-25-12-10-16/h7-12,14,19H,4-6,13,15H2,1-3H3,(H,26,27,29)/t19-/m0/s1. The third-order valence-electron chi connectivity index (χ3n) is 5.83. The number of aromatic nitrogens is 3. The molecule has 168 valence electrons. The van der Waals surface area contributed by atoms with E-state index in [1.54, 1.807) is 39.8 Å². The van der Waals surface area contributed by atoms with Crippen molar-refractivity contribution in [1.29, 1.82) is 0 Å². The second-order valence-electron chi connectivity index (χ2n) is 7.73. The van der Waals surface area contributed by atoms with Gasteiger partial charge >= 0.3 is 0 Å². The molecule has 0 amide bonds. The van der Waals surface area contributed by atoms with E-state index < -0.39 is 0 Å².